The van der Waals surface area contributed by atoms with Gasteiger partial charge < -0.3 is 10.1 Å². The molecule has 2 nitrogen and oxygen atoms in total. The largest absolute Gasteiger partial charge is 0.489 e. The van der Waals surface area contributed by atoms with Crippen LogP contribution < -0.4 is 10.1 Å². The number of aryl methyl sites for hydroxylation is 1. The van der Waals surface area contributed by atoms with Gasteiger partial charge in [0, 0.05) is 16.1 Å². The van der Waals surface area contributed by atoms with Crippen LogP contribution in [0.4, 0.5) is 0 Å². The lowest BCUT2D eigenvalue weighted by Gasteiger charge is -2.17. The summed E-state index contributed by atoms with van der Waals surface area (Å²) in [5, 5.41) is 3.26. The van der Waals surface area contributed by atoms with Gasteiger partial charge in [-0.15, -0.1) is 0 Å². The van der Waals surface area contributed by atoms with E-state index in [9.17, 15) is 0 Å². The molecule has 0 amide bonds. The molecule has 0 fully saturated rings. The maximum absolute atomic E-state index is 6.01. The van der Waals surface area contributed by atoms with Gasteiger partial charge in [-0.25, -0.2) is 0 Å². The topological polar surface area (TPSA) is 21.3 Å². The second-order valence-electron chi connectivity index (χ2n) is 4.97. The monoisotopic (exact) mass is 333 g/mol. The van der Waals surface area contributed by atoms with Gasteiger partial charge in [0.1, 0.15) is 12.4 Å². The third kappa shape index (κ3) is 3.84. The Morgan fingerprint density at radius 3 is 2.50 bits per heavy atom. The van der Waals surface area contributed by atoms with Gasteiger partial charge in [0.15, 0.2) is 0 Å². The summed E-state index contributed by atoms with van der Waals surface area (Å²) in [5.41, 5.74) is 3.57. The fourth-order valence-electron chi connectivity index (χ4n) is 2.02. The third-order valence-corrected chi connectivity index (χ3v) is 3.90. The van der Waals surface area contributed by atoms with Crippen LogP contribution in [0.15, 0.2) is 46.9 Å². The fourth-order valence-corrected chi connectivity index (χ4v) is 2.29. The molecule has 1 N–H and O–H groups in total. The van der Waals surface area contributed by atoms with Crippen LogP contribution >= 0.6 is 15.9 Å². The van der Waals surface area contributed by atoms with Crippen molar-refractivity contribution in [2.75, 3.05) is 7.05 Å². The molecule has 20 heavy (non-hydrogen) atoms. The Morgan fingerprint density at radius 1 is 1.15 bits per heavy atom. The first-order chi connectivity index (χ1) is 9.60. The lowest BCUT2D eigenvalue weighted by Crippen LogP contribution is -2.13. The SMILES string of the molecule is CNC(C)c1ccc(C)cc1OCc1ccc(Br)cc1. The van der Waals surface area contributed by atoms with Gasteiger partial charge in [-0.1, -0.05) is 40.2 Å². The maximum atomic E-state index is 6.01. The zero-order valence-corrected chi connectivity index (χ0v) is 13.7. The minimum Gasteiger partial charge on any atom is -0.489 e. The molecule has 3 heteroatoms. The summed E-state index contributed by atoms with van der Waals surface area (Å²) in [6.07, 6.45) is 0. The highest BCUT2D eigenvalue weighted by Crippen LogP contribution is 2.27. The minimum atomic E-state index is 0.274. The Bertz CT molecular complexity index is 566. The molecule has 0 saturated heterocycles. The van der Waals surface area contributed by atoms with Gasteiger partial charge in [0.05, 0.1) is 0 Å². The summed E-state index contributed by atoms with van der Waals surface area (Å²) in [4.78, 5) is 0. The van der Waals surface area contributed by atoms with Crippen molar-refractivity contribution in [2.45, 2.75) is 26.5 Å². The van der Waals surface area contributed by atoms with E-state index in [4.69, 9.17) is 4.74 Å². The Morgan fingerprint density at radius 2 is 1.85 bits per heavy atom. The molecule has 106 valence electrons. The second-order valence-corrected chi connectivity index (χ2v) is 5.88. The van der Waals surface area contributed by atoms with Crippen LogP contribution in [-0.4, -0.2) is 7.05 Å². The zero-order valence-electron chi connectivity index (χ0n) is 12.1. The van der Waals surface area contributed by atoms with Crippen molar-refractivity contribution < 1.29 is 4.74 Å². The van der Waals surface area contributed by atoms with Crippen LogP contribution in [0, 0.1) is 6.92 Å². The van der Waals surface area contributed by atoms with Crippen molar-refractivity contribution in [2.24, 2.45) is 0 Å². The third-order valence-electron chi connectivity index (χ3n) is 3.38. The first kappa shape index (κ1) is 15.1. The molecule has 2 rings (SSSR count). The van der Waals surface area contributed by atoms with Crippen LogP contribution in [-0.2, 0) is 6.61 Å². The van der Waals surface area contributed by atoms with E-state index in [0.29, 0.717) is 6.61 Å². The number of hydrogen-bond acceptors (Lipinski definition) is 2. The molecule has 1 atom stereocenters. The van der Waals surface area contributed by atoms with Crippen LogP contribution in [0.25, 0.3) is 0 Å². The second kappa shape index (κ2) is 6.91. The summed E-state index contributed by atoms with van der Waals surface area (Å²) in [5.74, 6) is 0.953. The number of ether oxygens (including phenoxy) is 1. The average Bonchev–Trinajstić information content (AvgIpc) is 2.46. The van der Waals surface area contributed by atoms with E-state index in [1.807, 2.05) is 19.2 Å². The normalized spacial score (nSPS) is 12.2. The van der Waals surface area contributed by atoms with Crippen molar-refractivity contribution in [1.29, 1.82) is 0 Å². The average molecular weight is 334 g/mol. The smallest absolute Gasteiger partial charge is 0.124 e. The molecule has 0 aliphatic heterocycles. The summed E-state index contributed by atoms with van der Waals surface area (Å²) in [7, 11) is 1.96. The molecule has 0 heterocycles. The van der Waals surface area contributed by atoms with Crippen LogP contribution in [0.2, 0.25) is 0 Å². The standard InChI is InChI=1S/C17H20BrNO/c1-12-4-9-16(13(2)19-3)17(10-12)20-11-14-5-7-15(18)8-6-14/h4-10,13,19H,11H2,1-3H3. The molecule has 0 aliphatic rings. The summed E-state index contributed by atoms with van der Waals surface area (Å²) in [6, 6.07) is 14.8. The van der Waals surface area contributed by atoms with Gasteiger partial charge in [-0.3, -0.25) is 0 Å². The molecule has 0 radical (unpaired) electrons. The number of hydrogen-bond donors (Lipinski definition) is 1. The van der Waals surface area contributed by atoms with Crippen molar-refractivity contribution in [3.8, 4) is 5.75 Å². The zero-order chi connectivity index (χ0) is 14.5. The molecular weight excluding hydrogens is 314 g/mol. The minimum absolute atomic E-state index is 0.274. The molecule has 1 unspecified atom stereocenters. The molecule has 0 bridgehead atoms. The molecule has 2 aromatic carbocycles. The molecular formula is C17H20BrNO. The van der Waals surface area contributed by atoms with E-state index in [1.54, 1.807) is 0 Å². The van der Waals surface area contributed by atoms with E-state index >= 15 is 0 Å². The van der Waals surface area contributed by atoms with Crippen molar-refractivity contribution >= 4 is 15.9 Å². The first-order valence-corrected chi connectivity index (χ1v) is 7.54. The highest BCUT2D eigenvalue weighted by Gasteiger charge is 2.10. The quantitative estimate of drug-likeness (QED) is 0.862. The fraction of sp³-hybridized carbons (Fsp3) is 0.294. The molecule has 0 aliphatic carbocycles. The lowest BCUT2D eigenvalue weighted by atomic mass is 10.1. The van der Waals surface area contributed by atoms with E-state index in [1.165, 1.54) is 11.1 Å². The molecule has 0 spiro atoms. The Labute approximate surface area is 129 Å². The lowest BCUT2D eigenvalue weighted by molar-refractivity contribution is 0.300. The Hall–Kier alpha value is -1.32. The van der Waals surface area contributed by atoms with E-state index in [2.05, 4.69) is 65.4 Å². The first-order valence-electron chi connectivity index (χ1n) is 6.75. The predicted molar refractivity (Wildman–Crippen MR) is 87.1 cm³/mol. The number of nitrogens with one attached hydrogen (secondary N) is 1. The van der Waals surface area contributed by atoms with Gasteiger partial charge >= 0.3 is 0 Å². The van der Waals surface area contributed by atoms with Crippen molar-refractivity contribution in [3.63, 3.8) is 0 Å². The van der Waals surface area contributed by atoms with Crippen molar-refractivity contribution in [1.82, 2.24) is 5.32 Å². The number of halogens is 1. The van der Waals surface area contributed by atoms with E-state index < -0.39 is 0 Å². The molecule has 2 aromatic rings. The number of rotatable bonds is 5. The summed E-state index contributed by atoms with van der Waals surface area (Å²) < 4.78 is 7.10. The van der Waals surface area contributed by atoms with Gasteiger partial charge in [-0.05, 0) is 50.2 Å². The van der Waals surface area contributed by atoms with Gasteiger partial charge in [-0.2, -0.15) is 0 Å². The van der Waals surface area contributed by atoms with E-state index in [-0.39, 0.29) is 6.04 Å². The summed E-state index contributed by atoms with van der Waals surface area (Å²) >= 11 is 3.44. The van der Waals surface area contributed by atoms with Crippen LogP contribution in [0.3, 0.4) is 0 Å². The highest BCUT2D eigenvalue weighted by atomic mass is 79.9. The maximum Gasteiger partial charge on any atom is 0.124 e. The van der Waals surface area contributed by atoms with E-state index in [0.717, 1.165) is 15.8 Å². The van der Waals surface area contributed by atoms with Gasteiger partial charge in [0.2, 0.25) is 0 Å². The number of benzene rings is 2. The summed E-state index contributed by atoms with van der Waals surface area (Å²) in [6.45, 7) is 4.80. The molecule has 0 saturated carbocycles. The Balaban J connectivity index is 2.15. The van der Waals surface area contributed by atoms with Crippen LogP contribution in [0.5, 0.6) is 5.75 Å². The highest BCUT2D eigenvalue weighted by molar-refractivity contribution is 9.10. The predicted octanol–water partition coefficient (Wildman–Crippen LogP) is 4.62. The Kier molecular flexibility index (Phi) is 5.21. The van der Waals surface area contributed by atoms with Gasteiger partial charge in [0.25, 0.3) is 0 Å². The van der Waals surface area contributed by atoms with Crippen molar-refractivity contribution in [3.05, 3.63) is 63.6 Å². The van der Waals surface area contributed by atoms with Crippen LogP contribution in [0.1, 0.15) is 29.7 Å². The molecule has 0 aromatic heterocycles.